The summed E-state index contributed by atoms with van der Waals surface area (Å²) in [5.41, 5.74) is 3.30. The van der Waals surface area contributed by atoms with Crippen molar-refractivity contribution in [1.82, 2.24) is 4.57 Å². The number of carbonyl (C=O) groups excluding carboxylic acids is 1. The Bertz CT molecular complexity index is 922. The first kappa shape index (κ1) is 16.1. The third-order valence-electron chi connectivity index (χ3n) is 3.66. The van der Waals surface area contributed by atoms with Crippen molar-refractivity contribution in [3.8, 4) is 0 Å². The fourth-order valence-electron chi connectivity index (χ4n) is 2.46. The van der Waals surface area contributed by atoms with E-state index in [9.17, 15) is 4.79 Å². The summed E-state index contributed by atoms with van der Waals surface area (Å²) in [5, 5.41) is 0. The molecule has 0 radical (unpaired) electrons. The fourth-order valence-corrected chi connectivity index (χ4v) is 4.13. The molecule has 1 heterocycles. The summed E-state index contributed by atoms with van der Waals surface area (Å²) < 4.78 is 4.24. The molecule has 0 N–H and O–H groups in total. The lowest BCUT2D eigenvalue weighted by Crippen LogP contribution is -2.16. The number of nitrogens with zero attached hydrogens (tertiary/aromatic N) is 2. The Morgan fingerprint density at radius 1 is 1.22 bits per heavy atom. The number of hydrogen-bond acceptors (Lipinski definition) is 2. The van der Waals surface area contributed by atoms with E-state index < -0.39 is 0 Å². The second-order valence-electron chi connectivity index (χ2n) is 5.41. The van der Waals surface area contributed by atoms with Crippen LogP contribution in [0.3, 0.4) is 0 Å². The Hall–Kier alpha value is -1.72. The lowest BCUT2D eigenvalue weighted by Gasteiger charge is -2.01. The molecule has 3 aromatic rings. The highest BCUT2D eigenvalue weighted by molar-refractivity contribution is 9.10. The van der Waals surface area contributed by atoms with Crippen LogP contribution >= 0.6 is 27.3 Å². The van der Waals surface area contributed by atoms with E-state index in [2.05, 4.69) is 44.5 Å². The van der Waals surface area contributed by atoms with Crippen molar-refractivity contribution in [2.75, 3.05) is 0 Å². The van der Waals surface area contributed by atoms with Gasteiger partial charge in [0, 0.05) is 11.0 Å². The number of halogens is 1. The number of fused-ring (bicyclic) bond motifs is 1. The van der Waals surface area contributed by atoms with Gasteiger partial charge in [-0.05, 0) is 37.6 Å². The number of thiazole rings is 1. The van der Waals surface area contributed by atoms with Crippen LogP contribution in [0.25, 0.3) is 10.2 Å². The molecule has 3 nitrogen and oxygen atoms in total. The minimum absolute atomic E-state index is 0.110. The van der Waals surface area contributed by atoms with E-state index in [1.165, 1.54) is 5.56 Å². The van der Waals surface area contributed by atoms with E-state index in [0.29, 0.717) is 6.42 Å². The third kappa shape index (κ3) is 3.62. The lowest BCUT2D eigenvalue weighted by atomic mass is 10.1. The minimum Gasteiger partial charge on any atom is -0.317 e. The van der Waals surface area contributed by atoms with Crippen molar-refractivity contribution in [2.24, 2.45) is 4.99 Å². The molecule has 0 atom stereocenters. The topological polar surface area (TPSA) is 34.4 Å². The molecule has 5 heteroatoms. The summed E-state index contributed by atoms with van der Waals surface area (Å²) in [5.74, 6) is -0.110. The van der Waals surface area contributed by atoms with Crippen LogP contribution in [0.1, 0.15) is 18.1 Å². The molecule has 0 aliphatic carbocycles. The molecule has 118 valence electrons. The summed E-state index contributed by atoms with van der Waals surface area (Å²) in [4.78, 5) is 17.4. The second kappa shape index (κ2) is 6.81. The quantitative estimate of drug-likeness (QED) is 0.651. The highest BCUT2D eigenvalue weighted by atomic mass is 79.9. The molecule has 1 amide bonds. The van der Waals surface area contributed by atoms with Crippen molar-refractivity contribution in [1.29, 1.82) is 0 Å². The number of aromatic nitrogens is 1. The molecule has 0 bridgehead atoms. The van der Waals surface area contributed by atoms with Gasteiger partial charge in [0.05, 0.1) is 16.6 Å². The average Bonchev–Trinajstić information content (AvgIpc) is 2.85. The summed E-state index contributed by atoms with van der Waals surface area (Å²) in [7, 11) is 0. The first-order chi connectivity index (χ1) is 11.1. The van der Waals surface area contributed by atoms with E-state index >= 15 is 0 Å². The van der Waals surface area contributed by atoms with Gasteiger partial charge in [-0.3, -0.25) is 4.79 Å². The van der Waals surface area contributed by atoms with Gasteiger partial charge in [0.1, 0.15) is 0 Å². The maximum atomic E-state index is 12.3. The largest absolute Gasteiger partial charge is 0.317 e. The van der Waals surface area contributed by atoms with Gasteiger partial charge in [-0.1, -0.05) is 57.1 Å². The van der Waals surface area contributed by atoms with E-state index in [1.807, 2.05) is 37.3 Å². The molecule has 0 saturated carbocycles. The summed E-state index contributed by atoms with van der Waals surface area (Å²) >= 11 is 5.04. The van der Waals surface area contributed by atoms with Crippen LogP contribution in [0.15, 0.2) is 51.9 Å². The average molecular weight is 389 g/mol. The Labute approximate surface area is 147 Å². The Morgan fingerprint density at radius 3 is 2.65 bits per heavy atom. The summed E-state index contributed by atoms with van der Waals surface area (Å²) in [6, 6.07) is 14.1. The van der Waals surface area contributed by atoms with E-state index in [0.717, 1.165) is 31.6 Å². The number of rotatable bonds is 3. The molecule has 3 rings (SSSR count). The zero-order chi connectivity index (χ0) is 16.4. The molecule has 0 unspecified atom stereocenters. The van der Waals surface area contributed by atoms with Crippen LogP contribution in [0, 0.1) is 6.92 Å². The molecule has 0 aliphatic heterocycles. The highest BCUT2D eigenvalue weighted by Crippen LogP contribution is 2.22. The van der Waals surface area contributed by atoms with Crippen molar-refractivity contribution in [3.63, 3.8) is 0 Å². The Kier molecular flexibility index (Phi) is 4.78. The highest BCUT2D eigenvalue weighted by Gasteiger charge is 2.08. The maximum absolute atomic E-state index is 12.3. The maximum Gasteiger partial charge on any atom is 0.252 e. The molecular weight excluding hydrogens is 372 g/mol. The normalized spacial score (nSPS) is 12.0. The molecule has 0 saturated heterocycles. The van der Waals surface area contributed by atoms with Crippen LogP contribution < -0.4 is 4.80 Å². The minimum atomic E-state index is -0.110. The first-order valence-corrected chi connectivity index (χ1v) is 9.10. The van der Waals surface area contributed by atoms with Crippen LogP contribution in [0.5, 0.6) is 0 Å². The Morgan fingerprint density at radius 2 is 1.96 bits per heavy atom. The lowest BCUT2D eigenvalue weighted by molar-refractivity contribution is -0.117. The van der Waals surface area contributed by atoms with Crippen molar-refractivity contribution < 1.29 is 4.79 Å². The van der Waals surface area contributed by atoms with Gasteiger partial charge >= 0.3 is 0 Å². The van der Waals surface area contributed by atoms with Gasteiger partial charge < -0.3 is 4.57 Å². The fraction of sp³-hybridized carbons (Fsp3) is 0.222. The molecule has 0 fully saturated rings. The van der Waals surface area contributed by atoms with E-state index in [-0.39, 0.29) is 5.91 Å². The molecule has 1 aromatic heterocycles. The van der Waals surface area contributed by atoms with Crippen LogP contribution in [0.2, 0.25) is 0 Å². The number of carbonyl (C=O) groups is 1. The van der Waals surface area contributed by atoms with Crippen molar-refractivity contribution in [3.05, 3.63) is 62.9 Å². The third-order valence-corrected chi connectivity index (χ3v) is 5.19. The van der Waals surface area contributed by atoms with Gasteiger partial charge in [0.15, 0.2) is 4.80 Å². The summed E-state index contributed by atoms with van der Waals surface area (Å²) in [6.07, 6.45) is 0.335. The molecule has 0 aliphatic rings. The van der Waals surface area contributed by atoms with Gasteiger partial charge in [-0.25, -0.2) is 0 Å². The molecule has 23 heavy (non-hydrogen) atoms. The zero-order valence-electron chi connectivity index (χ0n) is 13.0. The van der Waals surface area contributed by atoms with Gasteiger partial charge in [-0.15, -0.1) is 0 Å². The predicted molar refractivity (Wildman–Crippen MR) is 98.6 cm³/mol. The van der Waals surface area contributed by atoms with Crippen LogP contribution in [-0.2, 0) is 17.8 Å². The van der Waals surface area contributed by atoms with Crippen LogP contribution in [0.4, 0.5) is 0 Å². The summed E-state index contributed by atoms with van der Waals surface area (Å²) in [6.45, 7) is 4.89. The molecule has 2 aromatic carbocycles. The standard InChI is InChI=1S/C18H17BrN2OS/c1-3-21-15-9-8-14(19)11-16(15)23-18(21)20-17(22)10-13-6-4-12(2)5-7-13/h4-9,11H,3,10H2,1-2H3. The van der Waals surface area contributed by atoms with Gasteiger partial charge in [0.25, 0.3) is 5.91 Å². The predicted octanol–water partition coefficient (Wildman–Crippen LogP) is 4.46. The monoisotopic (exact) mass is 388 g/mol. The first-order valence-electron chi connectivity index (χ1n) is 7.49. The van der Waals surface area contributed by atoms with E-state index in [1.54, 1.807) is 11.3 Å². The van der Waals surface area contributed by atoms with Crippen molar-refractivity contribution in [2.45, 2.75) is 26.8 Å². The second-order valence-corrected chi connectivity index (χ2v) is 7.33. The number of aryl methyl sites for hydroxylation is 2. The van der Waals surface area contributed by atoms with Gasteiger partial charge in [-0.2, -0.15) is 4.99 Å². The van der Waals surface area contributed by atoms with Crippen LogP contribution in [-0.4, -0.2) is 10.5 Å². The number of benzene rings is 2. The molecule has 0 spiro atoms. The smallest absolute Gasteiger partial charge is 0.252 e. The number of hydrogen-bond donors (Lipinski definition) is 0. The van der Waals surface area contributed by atoms with E-state index in [4.69, 9.17) is 0 Å². The Balaban J connectivity index is 1.96. The number of amides is 1. The molecular formula is C18H17BrN2OS. The SMILES string of the molecule is CCn1c(=NC(=O)Cc2ccc(C)cc2)sc2cc(Br)ccc21. The van der Waals surface area contributed by atoms with Gasteiger partial charge in [0.2, 0.25) is 0 Å². The van der Waals surface area contributed by atoms with Crippen molar-refractivity contribution >= 4 is 43.4 Å². The zero-order valence-corrected chi connectivity index (χ0v) is 15.4.